The lowest BCUT2D eigenvalue weighted by molar-refractivity contribution is 0.0995. The number of allylic oxidation sites excluding steroid dienone is 3. The van der Waals surface area contributed by atoms with Crippen LogP contribution in [0.4, 0.5) is 14.5 Å². The lowest BCUT2D eigenvalue weighted by atomic mass is 10.2. The number of carbonyl (C=O) groups is 1. The van der Waals surface area contributed by atoms with Crippen molar-refractivity contribution in [3.05, 3.63) is 118 Å². The van der Waals surface area contributed by atoms with Crippen LogP contribution in [0.15, 0.2) is 95.4 Å². The number of amides is 1. The van der Waals surface area contributed by atoms with Crippen molar-refractivity contribution in [1.29, 1.82) is 5.41 Å². The van der Waals surface area contributed by atoms with Gasteiger partial charge in [0.2, 0.25) is 0 Å². The number of nitrogens with one attached hydrogen (secondary N) is 3. The Kier molecular flexibility index (Phi) is 9.21. The van der Waals surface area contributed by atoms with Gasteiger partial charge in [0.1, 0.15) is 23.7 Å². The van der Waals surface area contributed by atoms with Gasteiger partial charge in [0.25, 0.3) is 11.5 Å². The van der Waals surface area contributed by atoms with Gasteiger partial charge in [0, 0.05) is 42.7 Å². The number of halogens is 2. The summed E-state index contributed by atoms with van der Waals surface area (Å²) in [6.07, 6.45) is 8.84. The molecule has 1 amide bonds. The van der Waals surface area contributed by atoms with E-state index in [9.17, 15) is 18.4 Å². The maximum atomic E-state index is 14.9. The molecule has 0 radical (unpaired) electrons. The van der Waals surface area contributed by atoms with Crippen LogP contribution in [0.2, 0.25) is 0 Å². The summed E-state index contributed by atoms with van der Waals surface area (Å²) in [6.45, 7) is 2.62. The Morgan fingerprint density at radius 2 is 1.90 bits per heavy atom. The summed E-state index contributed by atoms with van der Waals surface area (Å²) >= 11 is 0. The fourth-order valence-corrected chi connectivity index (χ4v) is 3.72. The average molecular weight is 549 g/mol. The summed E-state index contributed by atoms with van der Waals surface area (Å²) in [5.41, 5.74) is -0.165. The number of hydrogen-bond acceptors (Lipinski definition) is 7. The Morgan fingerprint density at radius 1 is 1.10 bits per heavy atom. The minimum absolute atomic E-state index is 0.0105. The quantitative estimate of drug-likeness (QED) is 0.237. The fourth-order valence-electron chi connectivity index (χ4n) is 3.72. The summed E-state index contributed by atoms with van der Waals surface area (Å²) in [6, 6.07) is 10.4. The predicted octanol–water partition coefficient (Wildman–Crippen LogP) is 4.70. The number of ether oxygens (including phenoxy) is 3. The van der Waals surface area contributed by atoms with Gasteiger partial charge in [-0.2, -0.15) is 0 Å². The first-order valence-corrected chi connectivity index (χ1v) is 12.3. The molecule has 1 aliphatic heterocycles. The van der Waals surface area contributed by atoms with E-state index in [2.05, 4.69) is 10.6 Å². The Balaban J connectivity index is 1.60. The van der Waals surface area contributed by atoms with Crippen LogP contribution in [0.1, 0.15) is 17.3 Å². The van der Waals surface area contributed by atoms with Crippen molar-refractivity contribution < 1.29 is 27.8 Å². The molecule has 40 heavy (non-hydrogen) atoms. The molecule has 3 N–H and O–H groups in total. The number of anilines is 1. The number of benzene rings is 2. The molecule has 1 aliphatic rings. The summed E-state index contributed by atoms with van der Waals surface area (Å²) in [7, 11) is 0. The van der Waals surface area contributed by atoms with E-state index in [-0.39, 0.29) is 36.0 Å². The van der Waals surface area contributed by atoms with Gasteiger partial charge in [0.15, 0.2) is 17.3 Å². The minimum atomic E-state index is -0.832. The number of carbonyl (C=O) groups excluding carboxylic acids is 1. The Morgan fingerprint density at radius 3 is 2.62 bits per heavy atom. The third kappa shape index (κ3) is 6.69. The third-order valence-corrected chi connectivity index (χ3v) is 5.58. The van der Waals surface area contributed by atoms with E-state index in [1.807, 2.05) is 6.92 Å². The van der Waals surface area contributed by atoms with Crippen LogP contribution in [0.25, 0.3) is 5.69 Å². The lowest BCUT2D eigenvalue weighted by Gasteiger charge is -2.17. The molecule has 2 heterocycles. The largest absolute Gasteiger partial charge is 0.490 e. The molecule has 9 nitrogen and oxygen atoms in total. The number of nitrogens with zero attached hydrogens (tertiary/aromatic N) is 1. The topological polar surface area (TPSA) is 115 Å². The van der Waals surface area contributed by atoms with Crippen LogP contribution >= 0.6 is 0 Å². The molecular formula is C29H26F2N4O5. The molecule has 4 rings (SSSR count). The van der Waals surface area contributed by atoms with Crippen molar-refractivity contribution in [1.82, 2.24) is 9.88 Å². The molecular weight excluding hydrogens is 522 g/mol. The van der Waals surface area contributed by atoms with Gasteiger partial charge >= 0.3 is 0 Å². The monoisotopic (exact) mass is 548 g/mol. The van der Waals surface area contributed by atoms with Crippen molar-refractivity contribution in [2.75, 3.05) is 25.1 Å². The van der Waals surface area contributed by atoms with Gasteiger partial charge in [0.05, 0.1) is 12.3 Å². The second-order valence-electron chi connectivity index (χ2n) is 8.23. The molecule has 11 heteroatoms. The number of hydrogen-bond donors (Lipinski definition) is 3. The summed E-state index contributed by atoms with van der Waals surface area (Å²) in [5.74, 6) is -1.89. The van der Waals surface area contributed by atoms with Crippen LogP contribution in [0.3, 0.4) is 0 Å². The highest BCUT2D eigenvalue weighted by Gasteiger charge is 2.21. The van der Waals surface area contributed by atoms with Gasteiger partial charge in [-0.1, -0.05) is 0 Å². The average Bonchev–Trinajstić information content (AvgIpc) is 2.94. The summed E-state index contributed by atoms with van der Waals surface area (Å²) in [4.78, 5) is 26.7. The number of dihydropyridines is 1. The van der Waals surface area contributed by atoms with E-state index in [1.54, 1.807) is 18.4 Å². The van der Waals surface area contributed by atoms with E-state index in [0.717, 1.165) is 12.3 Å². The van der Waals surface area contributed by atoms with Gasteiger partial charge in [-0.15, -0.1) is 0 Å². The Labute approximate surface area is 228 Å². The Bertz CT molecular complexity index is 1540. The van der Waals surface area contributed by atoms with E-state index in [1.165, 1.54) is 59.3 Å². The number of aromatic nitrogens is 1. The molecule has 0 saturated carbocycles. The second-order valence-corrected chi connectivity index (χ2v) is 8.23. The first-order valence-electron chi connectivity index (χ1n) is 12.3. The first kappa shape index (κ1) is 28.0. The number of pyridine rings is 1. The number of rotatable bonds is 11. The molecule has 206 valence electrons. The van der Waals surface area contributed by atoms with Crippen molar-refractivity contribution in [2.24, 2.45) is 0 Å². The highest BCUT2D eigenvalue weighted by Crippen LogP contribution is 2.26. The molecule has 2 aromatic carbocycles. The predicted molar refractivity (Wildman–Crippen MR) is 146 cm³/mol. The van der Waals surface area contributed by atoms with Crippen LogP contribution in [0, 0.1) is 17.0 Å². The van der Waals surface area contributed by atoms with Crippen molar-refractivity contribution in [3.63, 3.8) is 0 Å². The molecule has 0 bridgehead atoms. The van der Waals surface area contributed by atoms with Gasteiger partial charge in [-0.3, -0.25) is 14.2 Å². The minimum Gasteiger partial charge on any atom is -0.490 e. The zero-order chi connectivity index (χ0) is 28.5. The van der Waals surface area contributed by atoms with Crippen molar-refractivity contribution >= 4 is 17.8 Å². The van der Waals surface area contributed by atoms with E-state index < -0.39 is 23.1 Å². The van der Waals surface area contributed by atoms with Crippen molar-refractivity contribution in [3.8, 4) is 17.2 Å². The second kappa shape index (κ2) is 13.2. The molecule has 1 aromatic heterocycles. The zero-order valence-electron chi connectivity index (χ0n) is 21.4. The smallest absolute Gasteiger partial charge is 0.271 e. The van der Waals surface area contributed by atoms with Gasteiger partial charge < -0.3 is 30.3 Å². The molecule has 0 unspecified atom stereocenters. The van der Waals surface area contributed by atoms with Crippen LogP contribution in [-0.4, -0.2) is 36.5 Å². The van der Waals surface area contributed by atoms with E-state index in [4.69, 9.17) is 19.6 Å². The molecule has 0 aliphatic carbocycles. The maximum Gasteiger partial charge on any atom is 0.271 e. The fraction of sp³-hybridized carbons (Fsp3) is 0.138. The zero-order valence-corrected chi connectivity index (χ0v) is 21.4. The van der Waals surface area contributed by atoms with Gasteiger partial charge in [-0.05, 0) is 67.6 Å². The molecule has 0 atom stereocenters. The van der Waals surface area contributed by atoms with Crippen molar-refractivity contribution in [2.45, 2.75) is 6.92 Å². The summed E-state index contributed by atoms with van der Waals surface area (Å²) < 4.78 is 46.1. The molecule has 0 saturated heterocycles. The van der Waals surface area contributed by atoms with E-state index in [0.29, 0.717) is 23.8 Å². The highest BCUT2D eigenvalue weighted by molar-refractivity contribution is 6.06. The first-order chi connectivity index (χ1) is 19.4. The highest BCUT2D eigenvalue weighted by atomic mass is 19.1. The van der Waals surface area contributed by atoms with E-state index >= 15 is 0 Å². The van der Waals surface area contributed by atoms with Crippen LogP contribution < -0.4 is 25.7 Å². The summed E-state index contributed by atoms with van der Waals surface area (Å²) in [5, 5.41) is 12.7. The van der Waals surface area contributed by atoms with Crippen LogP contribution in [-0.2, 0) is 4.74 Å². The maximum absolute atomic E-state index is 14.9. The standard InChI is InChI=1S/C29H26F2N4O5/c1-2-38-16-17-39-26-12-15-35(21-8-5-19(30)6-9-21)29(37)27(26)28(36)34-20-7-10-24(22(31)18-20)40-25-4-3-14-33-23(25)11-13-32/h3-15,18,32-33H,2,16-17H2,1H3,(H,34,36)/b23-11-,32-13?. The van der Waals surface area contributed by atoms with Crippen LogP contribution in [0.5, 0.6) is 11.5 Å². The Hall–Kier alpha value is -5.03. The lowest BCUT2D eigenvalue weighted by Crippen LogP contribution is -2.29. The molecule has 0 spiro atoms. The van der Waals surface area contributed by atoms with Gasteiger partial charge in [-0.25, -0.2) is 8.78 Å². The molecule has 0 fully saturated rings. The normalized spacial score (nSPS) is 13.4. The molecule has 3 aromatic rings. The third-order valence-electron chi connectivity index (χ3n) is 5.58. The SMILES string of the molecule is CCOCCOc1ccn(-c2ccc(F)cc2)c(=O)c1C(=O)Nc1ccc(OC2=CC=CN/C2=C\C=N)c(F)c1.